The van der Waals surface area contributed by atoms with Crippen molar-refractivity contribution in [2.24, 2.45) is 0 Å². The minimum Gasteiger partial charge on any atom is -0.379 e. The molecule has 7 nitrogen and oxygen atoms in total. The molecule has 22 heavy (non-hydrogen) atoms. The van der Waals surface area contributed by atoms with E-state index in [9.17, 15) is 4.79 Å². The van der Waals surface area contributed by atoms with Crippen LogP contribution in [0.2, 0.25) is 0 Å². The number of morpholine rings is 1. The lowest BCUT2D eigenvalue weighted by Crippen LogP contribution is -2.41. The van der Waals surface area contributed by atoms with E-state index in [1.165, 1.54) is 11.3 Å². The monoisotopic (exact) mass is 319 g/mol. The average Bonchev–Trinajstić information content (AvgIpc) is 3.07. The van der Waals surface area contributed by atoms with E-state index in [0.717, 1.165) is 32.8 Å². The van der Waals surface area contributed by atoms with Gasteiger partial charge in [0.15, 0.2) is 0 Å². The van der Waals surface area contributed by atoms with Crippen LogP contribution in [0.3, 0.4) is 0 Å². The quantitative estimate of drug-likeness (QED) is 0.872. The van der Waals surface area contributed by atoms with E-state index < -0.39 is 0 Å². The summed E-state index contributed by atoms with van der Waals surface area (Å²) in [5.74, 6) is -0.153. The fraction of sp³-hybridized carbons (Fsp3) is 0.429. The zero-order chi connectivity index (χ0) is 15.2. The Morgan fingerprint density at radius 3 is 3.00 bits per heavy atom. The van der Waals surface area contributed by atoms with Crippen LogP contribution in [0.5, 0.6) is 0 Å². The second-order valence-electron chi connectivity index (χ2n) is 4.84. The highest BCUT2D eigenvalue weighted by atomic mass is 32.1. The maximum atomic E-state index is 12.1. The van der Waals surface area contributed by atoms with Gasteiger partial charge in [0.05, 0.1) is 19.4 Å². The molecule has 0 radical (unpaired) electrons. The Kier molecular flexibility index (Phi) is 5.04. The van der Waals surface area contributed by atoms with Crippen LogP contribution >= 0.6 is 11.3 Å². The molecule has 3 rings (SSSR count). The lowest BCUT2D eigenvalue weighted by Gasteiger charge is -2.26. The van der Waals surface area contributed by atoms with E-state index in [1.54, 1.807) is 24.0 Å². The number of nitrogens with one attached hydrogen (secondary N) is 1. The third-order valence-electron chi connectivity index (χ3n) is 3.34. The van der Waals surface area contributed by atoms with Crippen molar-refractivity contribution in [1.82, 2.24) is 25.2 Å². The summed E-state index contributed by atoms with van der Waals surface area (Å²) in [7, 11) is 0. The number of carbonyl (C=O) groups excluding carboxylic acids is 1. The Labute approximate surface area is 132 Å². The molecule has 1 N–H and O–H groups in total. The van der Waals surface area contributed by atoms with E-state index in [1.807, 2.05) is 0 Å². The van der Waals surface area contributed by atoms with Crippen LogP contribution in [0, 0.1) is 0 Å². The summed E-state index contributed by atoms with van der Waals surface area (Å²) >= 11 is 1.39. The second kappa shape index (κ2) is 7.39. The molecule has 1 fully saturated rings. The summed E-state index contributed by atoms with van der Waals surface area (Å²) in [4.78, 5) is 26.9. The molecule has 0 bridgehead atoms. The normalized spacial score (nSPS) is 15.6. The number of hydrogen-bond acceptors (Lipinski definition) is 7. The molecule has 2 aromatic heterocycles. The molecule has 3 heterocycles. The first kappa shape index (κ1) is 15.0. The van der Waals surface area contributed by atoms with Crippen LogP contribution in [0.15, 0.2) is 24.0 Å². The van der Waals surface area contributed by atoms with Gasteiger partial charge in [0.25, 0.3) is 5.91 Å². The van der Waals surface area contributed by atoms with Crippen molar-refractivity contribution in [2.45, 2.75) is 0 Å². The number of carbonyl (C=O) groups is 1. The first-order chi connectivity index (χ1) is 10.8. The van der Waals surface area contributed by atoms with Crippen LogP contribution in [0.4, 0.5) is 0 Å². The zero-order valence-electron chi connectivity index (χ0n) is 12.1. The molecule has 1 aliphatic heterocycles. The number of nitrogens with zero attached hydrogens (tertiary/aromatic N) is 4. The molecule has 0 aliphatic carbocycles. The number of amides is 1. The molecular formula is C14H17N5O2S. The molecule has 2 aromatic rings. The zero-order valence-corrected chi connectivity index (χ0v) is 12.9. The lowest BCUT2D eigenvalue weighted by atomic mass is 10.4. The van der Waals surface area contributed by atoms with E-state index in [2.05, 4.69) is 25.2 Å². The number of aromatic nitrogens is 3. The Hall–Kier alpha value is -1.90. The van der Waals surface area contributed by atoms with Gasteiger partial charge in [-0.05, 0) is 0 Å². The summed E-state index contributed by atoms with van der Waals surface area (Å²) in [6, 6.07) is 0. The number of rotatable bonds is 5. The molecule has 0 saturated carbocycles. The fourth-order valence-electron chi connectivity index (χ4n) is 2.15. The molecule has 1 saturated heterocycles. The smallest absolute Gasteiger partial charge is 0.270 e. The number of ether oxygens (including phenoxy) is 1. The van der Waals surface area contributed by atoms with Gasteiger partial charge in [-0.2, -0.15) is 0 Å². The Morgan fingerprint density at radius 2 is 2.23 bits per heavy atom. The maximum Gasteiger partial charge on any atom is 0.270 e. The SMILES string of the molecule is O=C(NCCN1CCOCC1)c1csc(-c2cnccn2)n1. The topological polar surface area (TPSA) is 80.2 Å². The van der Waals surface area contributed by atoms with Gasteiger partial charge in [-0.25, -0.2) is 4.98 Å². The fourth-order valence-corrected chi connectivity index (χ4v) is 2.91. The lowest BCUT2D eigenvalue weighted by molar-refractivity contribution is 0.0383. The number of hydrogen-bond donors (Lipinski definition) is 1. The Balaban J connectivity index is 1.51. The number of thiazole rings is 1. The van der Waals surface area contributed by atoms with Gasteiger partial charge in [0.1, 0.15) is 16.4 Å². The summed E-state index contributed by atoms with van der Waals surface area (Å²) in [6.45, 7) is 4.81. The summed E-state index contributed by atoms with van der Waals surface area (Å²) in [5, 5.41) is 5.34. The van der Waals surface area contributed by atoms with Crippen LogP contribution in [-0.4, -0.2) is 65.2 Å². The maximum absolute atomic E-state index is 12.1. The molecular weight excluding hydrogens is 302 g/mol. The minimum absolute atomic E-state index is 0.153. The second-order valence-corrected chi connectivity index (χ2v) is 5.70. The molecule has 0 aromatic carbocycles. The Bertz CT molecular complexity index is 613. The first-order valence-electron chi connectivity index (χ1n) is 7.13. The van der Waals surface area contributed by atoms with Gasteiger partial charge in [-0.15, -0.1) is 11.3 Å². The molecule has 0 unspecified atom stereocenters. The van der Waals surface area contributed by atoms with Crippen LogP contribution < -0.4 is 5.32 Å². The minimum atomic E-state index is -0.153. The first-order valence-corrected chi connectivity index (χ1v) is 8.01. The summed E-state index contributed by atoms with van der Waals surface area (Å²) in [6.07, 6.45) is 4.86. The molecule has 1 amide bonds. The predicted octanol–water partition coefficient (Wildman–Crippen LogP) is 0.662. The summed E-state index contributed by atoms with van der Waals surface area (Å²) < 4.78 is 5.29. The molecule has 8 heteroatoms. The average molecular weight is 319 g/mol. The van der Waals surface area contributed by atoms with Crippen LogP contribution in [0.25, 0.3) is 10.7 Å². The van der Waals surface area contributed by atoms with E-state index >= 15 is 0 Å². The van der Waals surface area contributed by atoms with E-state index in [0.29, 0.717) is 22.9 Å². The van der Waals surface area contributed by atoms with Crippen LogP contribution in [0.1, 0.15) is 10.5 Å². The molecule has 1 aliphatic rings. The van der Waals surface area contributed by atoms with Crippen LogP contribution in [-0.2, 0) is 4.74 Å². The van der Waals surface area contributed by atoms with Gasteiger partial charge in [0.2, 0.25) is 0 Å². The highest BCUT2D eigenvalue weighted by Crippen LogP contribution is 2.20. The van der Waals surface area contributed by atoms with E-state index in [-0.39, 0.29) is 5.91 Å². The van der Waals surface area contributed by atoms with Crippen molar-refractivity contribution in [3.05, 3.63) is 29.7 Å². The molecule has 0 spiro atoms. The highest BCUT2D eigenvalue weighted by Gasteiger charge is 2.14. The Morgan fingerprint density at radius 1 is 1.36 bits per heavy atom. The van der Waals surface area contributed by atoms with E-state index in [4.69, 9.17) is 4.74 Å². The third kappa shape index (κ3) is 3.85. The van der Waals surface area contributed by atoms with Gasteiger partial charge in [0, 0.05) is 44.0 Å². The predicted molar refractivity (Wildman–Crippen MR) is 82.7 cm³/mol. The van der Waals surface area contributed by atoms with Crippen molar-refractivity contribution in [2.75, 3.05) is 39.4 Å². The van der Waals surface area contributed by atoms with Gasteiger partial charge in [-0.3, -0.25) is 19.7 Å². The highest BCUT2D eigenvalue weighted by molar-refractivity contribution is 7.13. The van der Waals surface area contributed by atoms with Crippen molar-refractivity contribution < 1.29 is 9.53 Å². The molecule has 0 atom stereocenters. The van der Waals surface area contributed by atoms with Gasteiger partial charge < -0.3 is 10.1 Å². The van der Waals surface area contributed by atoms with Crippen molar-refractivity contribution in [1.29, 1.82) is 0 Å². The summed E-state index contributed by atoms with van der Waals surface area (Å²) in [5.41, 5.74) is 1.10. The molecule has 116 valence electrons. The third-order valence-corrected chi connectivity index (χ3v) is 4.20. The van der Waals surface area contributed by atoms with Gasteiger partial charge >= 0.3 is 0 Å². The van der Waals surface area contributed by atoms with Crippen molar-refractivity contribution in [3.63, 3.8) is 0 Å². The largest absolute Gasteiger partial charge is 0.379 e. The van der Waals surface area contributed by atoms with Crippen molar-refractivity contribution >= 4 is 17.2 Å². The standard InChI is InChI=1S/C14H17N5O2S/c20-13(17-3-4-19-5-7-21-8-6-19)12-10-22-14(18-12)11-9-15-1-2-16-11/h1-2,9-10H,3-8H2,(H,17,20). The van der Waals surface area contributed by atoms with Crippen molar-refractivity contribution in [3.8, 4) is 10.7 Å². The van der Waals surface area contributed by atoms with Gasteiger partial charge in [-0.1, -0.05) is 0 Å².